The van der Waals surface area contributed by atoms with Crippen LogP contribution in [0, 0.1) is 5.92 Å². The van der Waals surface area contributed by atoms with Crippen molar-refractivity contribution in [2.24, 2.45) is 11.7 Å². The first kappa shape index (κ1) is 15.3. The monoisotopic (exact) mass is 282 g/mol. The van der Waals surface area contributed by atoms with E-state index in [0.29, 0.717) is 25.3 Å². The number of carbonyl (C=O) groups excluding carboxylic acids is 1. The fourth-order valence-electron chi connectivity index (χ4n) is 3.47. The molecule has 1 atom stereocenters. The van der Waals surface area contributed by atoms with Gasteiger partial charge in [0.15, 0.2) is 0 Å². The van der Waals surface area contributed by atoms with Crippen LogP contribution in [0.1, 0.15) is 57.8 Å². The van der Waals surface area contributed by atoms with Crippen LogP contribution in [-0.4, -0.2) is 40.5 Å². The van der Waals surface area contributed by atoms with E-state index in [4.69, 9.17) is 10.8 Å². The smallest absolute Gasteiger partial charge is 0.303 e. The van der Waals surface area contributed by atoms with Crippen molar-refractivity contribution in [3.63, 3.8) is 0 Å². The van der Waals surface area contributed by atoms with Crippen LogP contribution in [-0.2, 0) is 9.59 Å². The van der Waals surface area contributed by atoms with Crippen LogP contribution in [0.3, 0.4) is 0 Å². The van der Waals surface area contributed by atoms with E-state index in [0.717, 1.165) is 38.6 Å². The summed E-state index contributed by atoms with van der Waals surface area (Å²) in [5, 5.41) is 8.70. The van der Waals surface area contributed by atoms with Gasteiger partial charge in [0.05, 0.1) is 0 Å². The molecule has 1 unspecified atom stereocenters. The number of carboxylic acids is 1. The quantitative estimate of drug-likeness (QED) is 0.804. The molecule has 5 nitrogen and oxygen atoms in total. The van der Waals surface area contributed by atoms with Crippen LogP contribution in [0.15, 0.2) is 0 Å². The first-order valence-electron chi connectivity index (χ1n) is 7.77. The largest absolute Gasteiger partial charge is 0.481 e. The van der Waals surface area contributed by atoms with Gasteiger partial charge < -0.3 is 15.7 Å². The van der Waals surface area contributed by atoms with Crippen molar-refractivity contribution in [2.75, 3.05) is 13.1 Å². The Labute approximate surface area is 120 Å². The standard InChI is InChI=1S/C15H26N2O3/c16-15(7-2-1-3-8-15)10-13(18)17-9-6-12(11-17)4-5-14(19)20/h12H,1-11,16H2,(H,19,20). The van der Waals surface area contributed by atoms with Crippen molar-refractivity contribution in [3.05, 3.63) is 0 Å². The number of nitrogens with zero attached hydrogens (tertiary/aromatic N) is 1. The maximum absolute atomic E-state index is 12.3. The van der Waals surface area contributed by atoms with E-state index in [2.05, 4.69) is 0 Å². The zero-order valence-corrected chi connectivity index (χ0v) is 12.1. The van der Waals surface area contributed by atoms with Crippen LogP contribution in [0.5, 0.6) is 0 Å². The maximum atomic E-state index is 12.3. The lowest BCUT2D eigenvalue weighted by Crippen LogP contribution is -2.46. The third kappa shape index (κ3) is 4.20. The van der Waals surface area contributed by atoms with E-state index in [1.165, 1.54) is 6.42 Å². The second kappa shape index (κ2) is 6.57. The minimum atomic E-state index is -0.752. The highest BCUT2D eigenvalue weighted by Gasteiger charge is 2.34. The third-order valence-corrected chi connectivity index (χ3v) is 4.76. The summed E-state index contributed by atoms with van der Waals surface area (Å²) in [6.45, 7) is 1.47. The summed E-state index contributed by atoms with van der Waals surface area (Å²) in [7, 11) is 0. The Kier molecular flexibility index (Phi) is 5.02. The summed E-state index contributed by atoms with van der Waals surface area (Å²) >= 11 is 0. The Morgan fingerprint density at radius 2 is 1.95 bits per heavy atom. The van der Waals surface area contributed by atoms with E-state index < -0.39 is 5.97 Å². The molecule has 0 radical (unpaired) electrons. The van der Waals surface area contributed by atoms with E-state index in [1.807, 2.05) is 4.90 Å². The summed E-state index contributed by atoms with van der Waals surface area (Å²) in [5.41, 5.74) is 6.04. The zero-order chi connectivity index (χ0) is 14.6. The van der Waals surface area contributed by atoms with Gasteiger partial charge in [0.25, 0.3) is 0 Å². The number of aliphatic carboxylic acids is 1. The van der Waals surface area contributed by atoms with E-state index in [-0.39, 0.29) is 17.9 Å². The minimum absolute atomic E-state index is 0.159. The maximum Gasteiger partial charge on any atom is 0.303 e. The van der Waals surface area contributed by atoms with Crippen molar-refractivity contribution in [3.8, 4) is 0 Å². The van der Waals surface area contributed by atoms with Crippen molar-refractivity contribution in [1.82, 2.24) is 4.90 Å². The van der Waals surface area contributed by atoms with Gasteiger partial charge in [-0.1, -0.05) is 19.3 Å². The van der Waals surface area contributed by atoms with Crippen LogP contribution >= 0.6 is 0 Å². The Bertz CT molecular complexity index is 364. The number of amides is 1. The number of hydrogen-bond acceptors (Lipinski definition) is 3. The van der Waals surface area contributed by atoms with E-state index in [9.17, 15) is 9.59 Å². The van der Waals surface area contributed by atoms with Crippen LogP contribution in [0.4, 0.5) is 0 Å². The molecule has 0 bridgehead atoms. The molecule has 1 heterocycles. The lowest BCUT2D eigenvalue weighted by Gasteiger charge is -2.34. The summed E-state index contributed by atoms with van der Waals surface area (Å²) in [6, 6.07) is 0. The molecule has 0 spiro atoms. The van der Waals surface area contributed by atoms with Gasteiger partial charge >= 0.3 is 5.97 Å². The molecule has 1 aliphatic heterocycles. The molecule has 1 saturated carbocycles. The first-order chi connectivity index (χ1) is 9.48. The molecule has 0 aromatic carbocycles. The lowest BCUT2D eigenvalue weighted by atomic mass is 9.80. The van der Waals surface area contributed by atoms with E-state index >= 15 is 0 Å². The number of likely N-dealkylation sites (tertiary alicyclic amines) is 1. The molecule has 1 amide bonds. The summed E-state index contributed by atoms with van der Waals surface area (Å²) in [4.78, 5) is 24.8. The number of carboxylic acid groups (broad SMARTS) is 1. The second-order valence-electron chi connectivity index (χ2n) is 6.53. The van der Waals surface area contributed by atoms with E-state index in [1.54, 1.807) is 0 Å². The minimum Gasteiger partial charge on any atom is -0.481 e. The molecule has 2 rings (SSSR count). The molecule has 0 aromatic heterocycles. The van der Waals surface area contributed by atoms with Crippen molar-refractivity contribution >= 4 is 11.9 Å². The predicted molar refractivity (Wildman–Crippen MR) is 76.2 cm³/mol. The van der Waals surface area contributed by atoms with Crippen molar-refractivity contribution in [2.45, 2.75) is 63.3 Å². The van der Waals surface area contributed by atoms with Crippen LogP contribution < -0.4 is 5.73 Å². The van der Waals surface area contributed by atoms with Crippen molar-refractivity contribution < 1.29 is 14.7 Å². The number of carbonyl (C=O) groups is 2. The van der Waals surface area contributed by atoms with Crippen LogP contribution in [0.25, 0.3) is 0 Å². The second-order valence-corrected chi connectivity index (χ2v) is 6.53. The summed E-state index contributed by atoms with van der Waals surface area (Å²) < 4.78 is 0. The normalized spacial score (nSPS) is 25.6. The van der Waals surface area contributed by atoms with Gasteiger partial charge in [-0.05, 0) is 31.6 Å². The summed E-state index contributed by atoms with van der Waals surface area (Å²) in [5.74, 6) is -0.250. The Morgan fingerprint density at radius 1 is 1.25 bits per heavy atom. The number of nitrogens with two attached hydrogens (primary N) is 1. The molecule has 2 fully saturated rings. The molecule has 20 heavy (non-hydrogen) atoms. The molecule has 114 valence electrons. The van der Waals surface area contributed by atoms with Gasteiger partial charge in [-0.25, -0.2) is 0 Å². The first-order valence-corrected chi connectivity index (χ1v) is 7.77. The Balaban J connectivity index is 1.77. The zero-order valence-electron chi connectivity index (χ0n) is 12.1. The lowest BCUT2D eigenvalue weighted by molar-refractivity contribution is -0.137. The molecule has 1 saturated heterocycles. The highest BCUT2D eigenvalue weighted by Crippen LogP contribution is 2.30. The molecule has 0 aromatic rings. The Morgan fingerprint density at radius 3 is 2.60 bits per heavy atom. The average Bonchev–Trinajstić information content (AvgIpc) is 2.85. The van der Waals surface area contributed by atoms with Crippen LogP contribution in [0.2, 0.25) is 0 Å². The molecule has 1 aliphatic carbocycles. The highest BCUT2D eigenvalue weighted by molar-refractivity contribution is 5.77. The predicted octanol–water partition coefficient (Wildman–Crippen LogP) is 1.75. The van der Waals surface area contributed by atoms with Gasteiger partial charge in [-0.15, -0.1) is 0 Å². The average molecular weight is 282 g/mol. The number of hydrogen-bond donors (Lipinski definition) is 2. The SMILES string of the molecule is NC1(CC(=O)N2CCC(CCC(=O)O)C2)CCCCC1. The molecular formula is C15H26N2O3. The molecule has 2 aliphatic rings. The van der Waals surface area contributed by atoms with Gasteiger partial charge in [0, 0.05) is 31.5 Å². The molecule has 5 heteroatoms. The Hall–Kier alpha value is -1.10. The van der Waals surface area contributed by atoms with Gasteiger partial charge in [0.2, 0.25) is 5.91 Å². The topological polar surface area (TPSA) is 83.6 Å². The third-order valence-electron chi connectivity index (χ3n) is 4.76. The highest BCUT2D eigenvalue weighted by atomic mass is 16.4. The molecular weight excluding hydrogens is 256 g/mol. The van der Waals surface area contributed by atoms with Gasteiger partial charge in [-0.3, -0.25) is 9.59 Å². The van der Waals surface area contributed by atoms with Gasteiger partial charge in [0.1, 0.15) is 0 Å². The fraction of sp³-hybridized carbons (Fsp3) is 0.867. The fourth-order valence-corrected chi connectivity index (χ4v) is 3.47. The van der Waals surface area contributed by atoms with Crippen molar-refractivity contribution in [1.29, 1.82) is 0 Å². The molecule has 3 N–H and O–H groups in total. The summed E-state index contributed by atoms with van der Waals surface area (Å²) in [6.07, 6.45) is 7.66. The number of rotatable bonds is 5. The van der Waals surface area contributed by atoms with Gasteiger partial charge in [-0.2, -0.15) is 0 Å².